The van der Waals surface area contributed by atoms with E-state index in [1.165, 1.54) is 6.42 Å². The van der Waals surface area contributed by atoms with Gasteiger partial charge in [0.1, 0.15) is 11.9 Å². The molecule has 1 heterocycles. The monoisotopic (exact) mass is 268 g/mol. The van der Waals surface area contributed by atoms with Gasteiger partial charge in [0.15, 0.2) is 0 Å². The predicted molar refractivity (Wildman–Crippen MR) is 75.1 cm³/mol. The van der Waals surface area contributed by atoms with E-state index in [0.717, 1.165) is 37.2 Å². The average molecular weight is 269 g/mol. The van der Waals surface area contributed by atoms with Crippen molar-refractivity contribution >= 4 is 11.6 Å². The highest BCUT2D eigenvalue weighted by atomic mass is 35.5. The van der Waals surface area contributed by atoms with Crippen molar-refractivity contribution in [1.29, 1.82) is 0 Å². The first-order valence-corrected chi connectivity index (χ1v) is 6.90. The minimum Gasteiger partial charge on any atom is -0.489 e. The van der Waals surface area contributed by atoms with Gasteiger partial charge in [0, 0.05) is 13.1 Å². The molecule has 1 saturated heterocycles. The van der Waals surface area contributed by atoms with Crippen molar-refractivity contribution in [2.45, 2.75) is 31.9 Å². The van der Waals surface area contributed by atoms with E-state index in [0.29, 0.717) is 11.6 Å². The smallest absolute Gasteiger partial charge is 0.138 e. The van der Waals surface area contributed by atoms with Crippen molar-refractivity contribution in [2.75, 3.05) is 20.1 Å². The fourth-order valence-corrected chi connectivity index (χ4v) is 2.52. The van der Waals surface area contributed by atoms with Crippen molar-refractivity contribution in [3.63, 3.8) is 0 Å². The molecule has 0 bridgehead atoms. The second kappa shape index (κ2) is 6.41. The summed E-state index contributed by atoms with van der Waals surface area (Å²) >= 11 is 6.21. The molecule has 0 radical (unpaired) electrons. The highest BCUT2D eigenvalue weighted by Gasteiger charge is 2.17. The van der Waals surface area contributed by atoms with E-state index < -0.39 is 0 Å². The summed E-state index contributed by atoms with van der Waals surface area (Å²) in [7, 11) is 2.16. The van der Waals surface area contributed by atoms with Crippen LogP contribution < -0.4 is 10.5 Å². The first-order chi connectivity index (χ1) is 8.69. The van der Waals surface area contributed by atoms with E-state index >= 15 is 0 Å². The molecule has 2 rings (SSSR count). The molecule has 0 saturated carbocycles. The van der Waals surface area contributed by atoms with Crippen LogP contribution in [-0.4, -0.2) is 31.1 Å². The van der Waals surface area contributed by atoms with Gasteiger partial charge in [-0.05, 0) is 50.6 Å². The molecule has 4 heteroatoms. The summed E-state index contributed by atoms with van der Waals surface area (Å²) < 4.78 is 6.01. The van der Waals surface area contributed by atoms with Crippen LogP contribution in [0, 0.1) is 0 Å². The number of halogens is 1. The van der Waals surface area contributed by atoms with E-state index in [2.05, 4.69) is 11.9 Å². The minimum absolute atomic E-state index is 0.274. The van der Waals surface area contributed by atoms with Crippen molar-refractivity contribution in [3.05, 3.63) is 28.8 Å². The molecule has 1 fully saturated rings. The number of ether oxygens (including phenoxy) is 1. The lowest BCUT2D eigenvalue weighted by atomic mass is 10.1. The van der Waals surface area contributed by atoms with E-state index in [1.807, 2.05) is 18.2 Å². The molecule has 0 aromatic heterocycles. The maximum Gasteiger partial charge on any atom is 0.138 e. The lowest BCUT2D eigenvalue weighted by Crippen LogP contribution is -2.21. The van der Waals surface area contributed by atoms with Gasteiger partial charge in [-0.25, -0.2) is 0 Å². The van der Waals surface area contributed by atoms with E-state index in [9.17, 15) is 0 Å². The van der Waals surface area contributed by atoms with Gasteiger partial charge >= 0.3 is 0 Å². The van der Waals surface area contributed by atoms with E-state index in [-0.39, 0.29) is 6.10 Å². The van der Waals surface area contributed by atoms with Gasteiger partial charge in [-0.2, -0.15) is 0 Å². The summed E-state index contributed by atoms with van der Waals surface area (Å²) in [5, 5.41) is 0.663. The SMILES string of the molecule is CN1CCCC(Oc2ccc(CN)cc2Cl)CC1. The van der Waals surface area contributed by atoms with Gasteiger partial charge in [-0.1, -0.05) is 17.7 Å². The predicted octanol–water partition coefficient (Wildman–Crippen LogP) is 2.66. The summed E-state index contributed by atoms with van der Waals surface area (Å²) in [5.74, 6) is 0.781. The number of likely N-dealkylation sites (tertiary alicyclic amines) is 1. The van der Waals surface area contributed by atoms with Crippen LogP contribution in [0.3, 0.4) is 0 Å². The largest absolute Gasteiger partial charge is 0.489 e. The number of hydrogen-bond acceptors (Lipinski definition) is 3. The summed E-state index contributed by atoms with van der Waals surface area (Å²) in [6, 6.07) is 5.79. The van der Waals surface area contributed by atoms with Crippen molar-refractivity contribution < 1.29 is 4.74 Å². The van der Waals surface area contributed by atoms with E-state index in [1.54, 1.807) is 0 Å². The van der Waals surface area contributed by atoms with Crippen LogP contribution >= 0.6 is 11.6 Å². The highest BCUT2D eigenvalue weighted by Crippen LogP contribution is 2.28. The van der Waals surface area contributed by atoms with Crippen LogP contribution in [0.1, 0.15) is 24.8 Å². The van der Waals surface area contributed by atoms with Gasteiger partial charge in [-0.15, -0.1) is 0 Å². The minimum atomic E-state index is 0.274. The molecule has 100 valence electrons. The maximum atomic E-state index is 6.21. The lowest BCUT2D eigenvalue weighted by molar-refractivity contribution is 0.183. The standard InChI is InChI=1S/C14H21ClN2O/c1-17-7-2-3-12(6-8-17)18-14-5-4-11(10-16)9-13(14)15/h4-5,9,12H,2-3,6-8,10,16H2,1H3. The normalized spacial score (nSPS) is 21.6. The molecule has 0 spiro atoms. The molecular weight excluding hydrogens is 248 g/mol. The Morgan fingerprint density at radius 3 is 2.94 bits per heavy atom. The molecule has 1 unspecified atom stereocenters. The van der Waals surface area contributed by atoms with Gasteiger partial charge < -0.3 is 15.4 Å². The maximum absolute atomic E-state index is 6.21. The summed E-state index contributed by atoms with van der Waals surface area (Å²) in [5.41, 5.74) is 6.62. The third-order valence-corrected chi connectivity index (χ3v) is 3.72. The zero-order valence-corrected chi connectivity index (χ0v) is 11.6. The molecule has 1 aliphatic rings. The van der Waals surface area contributed by atoms with Gasteiger partial charge in [0.05, 0.1) is 5.02 Å². The quantitative estimate of drug-likeness (QED) is 0.916. The van der Waals surface area contributed by atoms with Gasteiger partial charge in [-0.3, -0.25) is 0 Å². The lowest BCUT2D eigenvalue weighted by Gasteiger charge is -2.18. The zero-order valence-electron chi connectivity index (χ0n) is 10.9. The van der Waals surface area contributed by atoms with Crippen LogP contribution in [-0.2, 0) is 6.54 Å². The second-order valence-electron chi connectivity index (χ2n) is 4.94. The summed E-state index contributed by atoms with van der Waals surface area (Å²) in [6.45, 7) is 2.75. The number of rotatable bonds is 3. The third-order valence-electron chi connectivity index (χ3n) is 3.42. The molecule has 0 aliphatic carbocycles. The van der Waals surface area contributed by atoms with Crippen LogP contribution in [0.2, 0.25) is 5.02 Å². The topological polar surface area (TPSA) is 38.5 Å². The second-order valence-corrected chi connectivity index (χ2v) is 5.35. The first-order valence-electron chi connectivity index (χ1n) is 6.52. The molecule has 1 aromatic carbocycles. The fraction of sp³-hybridized carbons (Fsp3) is 0.571. The molecule has 1 aromatic rings. The number of hydrogen-bond donors (Lipinski definition) is 1. The van der Waals surface area contributed by atoms with Gasteiger partial charge in [0.25, 0.3) is 0 Å². The van der Waals surface area contributed by atoms with Crippen LogP contribution in [0.25, 0.3) is 0 Å². The average Bonchev–Trinajstić information content (AvgIpc) is 2.57. The molecule has 3 nitrogen and oxygen atoms in total. The van der Waals surface area contributed by atoms with Crippen LogP contribution in [0.15, 0.2) is 18.2 Å². The molecule has 1 aliphatic heterocycles. The summed E-state index contributed by atoms with van der Waals surface area (Å²) in [6.07, 6.45) is 3.61. The number of nitrogens with zero attached hydrogens (tertiary/aromatic N) is 1. The Kier molecular flexibility index (Phi) is 4.87. The molecular formula is C14H21ClN2O. The third kappa shape index (κ3) is 3.61. The molecule has 2 N–H and O–H groups in total. The molecule has 1 atom stereocenters. The number of benzene rings is 1. The Hall–Kier alpha value is -0.770. The first kappa shape index (κ1) is 13.7. The van der Waals surface area contributed by atoms with E-state index in [4.69, 9.17) is 22.1 Å². The molecule has 0 amide bonds. The Morgan fingerprint density at radius 2 is 2.22 bits per heavy atom. The number of nitrogens with two attached hydrogens (primary N) is 1. The molecule has 18 heavy (non-hydrogen) atoms. The van der Waals surface area contributed by atoms with Crippen molar-refractivity contribution in [2.24, 2.45) is 5.73 Å². The fourth-order valence-electron chi connectivity index (χ4n) is 2.27. The van der Waals surface area contributed by atoms with Crippen molar-refractivity contribution in [3.8, 4) is 5.75 Å². The van der Waals surface area contributed by atoms with Crippen LogP contribution in [0.4, 0.5) is 0 Å². The van der Waals surface area contributed by atoms with Gasteiger partial charge in [0.2, 0.25) is 0 Å². The van der Waals surface area contributed by atoms with Crippen molar-refractivity contribution in [1.82, 2.24) is 4.90 Å². The zero-order chi connectivity index (χ0) is 13.0. The summed E-state index contributed by atoms with van der Waals surface area (Å²) in [4.78, 5) is 2.35. The Morgan fingerprint density at radius 1 is 1.39 bits per heavy atom. The Balaban J connectivity index is 2.00. The van der Waals surface area contributed by atoms with Crippen LogP contribution in [0.5, 0.6) is 5.75 Å². The highest BCUT2D eigenvalue weighted by molar-refractivity contribution is 6.32. The Bertz CT molecular complexity index is 397. The Labute approximate surface area is 114 Å².